The number of rotatable bonds is 3. The monoisotopic (exact) mass is 368 g/mol. The minimum atomic E-state index is 0.151. The maximum Gasteiger partial charge on any atom is 0.157 e. The first kappa shape index (κ1) is 19.6. The molecular weight excluding hydrogens is 336 g/mol. The van der Waals surface area contributed by atoms with Gasteiger partial charge in [-0.15, -0.1) is 0 Å². The second-order valence-electron chi connectivity index (χ2n) is 7.08. The number of allylic oxidation sites excluding steroid dienone is 4. The van der Waals surface area contributed by atoms with E-state index in [2.05, 4.69) is 39.2 Å². The minimum absolute atomic E-state index is 0.151. The van der Waals surface area contributed by atoms with Crippen LogP contribution in [-0.4, -0.2) is 39.3 Å². The third-order valence-corrected chi connectivity index (χ3v) is 5.28. The third kappa shape index (κ3) is 4.24. The highest BCUT2D eigenvalue weighted by Gasteiger charge is 2.26. The molecule has 0 spiro atoms. The van der Waals surface area contributed by atoms with Gasteiger partial charge >= 0.3 is 0 Å². The zero-order valence-corrected chi connectivity index (χ0v) is 16.8. The Morgan fingerprint density at radius 3 is 2.89 bits per heavy atom. The van der Waals surface area contributed by atoms with Gasteiger partial charge in [0.1, 0.15) is 11.3 Å². The SMILES string of the molecule is CC.Cc1nc(N2CCCCC2CO)c2[nH]c(C3=CC=CCCC3)cc2n1. The van der Waals surface area contributed by atoms with Crippen LogP contribution in [0.1, 0.15) is 63.9 Å². The lowest BCUT2D eigenvalue weighted by Crippen LogP contribution is -2.42. The molecule has 1 aliphatic heterocycles. The van der Waals surface area contributed by atoms with E-state index in [4.69, 9.17) is 4.98 Å². The summed E-state index contributed by atoms with van der Waals surface area (Å²) < 4.78 is 0. The van der Waals surface area contributed by atoms with Crippen molar-refractivity contribution in [3.8, 4) is 0 Å². The lowest BCUT2D eigenvalue weighted by Gasteiger charge is -2.35. The molecule has 0 radical (unpaired) electrons. The van der Waals surface area contributed by atoms with Crippen molar-refractivity contribution in [1.29, 1.82) is 0 Å². The predicted molar refractivity (Wildman–Crippen MR) is 113 cm³/mol. The maximum atomic E-state index is 9.79. The number of aromatic nitrogens is 3. The van der Waals surface area contributed by atoms with E-state index in [1.807, 2.05) is 20.8 Å². The Balaban J connectivity index is 0.00000102. The summed E-state index contributed by atoms with van der Waals surface area (Å²) >= 11 is 0. The topological polar surface area (TPSA) is 65.0 Å². The molecule has 5 nitrogen and oxygen atoms in total. The average Bonchev–Trinajstić information content (AvgIpc) is 2.94. The Morgan fingerprint density at radius 2 is 2.07 bits per heavy atom. The van der Waals surface area contributed by atoms with Crippen molar-refractivity contribution in [3.63, 3.8) is 0 Å². The van der Waals surface area contributed by atoms with Gasteiger partial charge in [0, 0.05) is 12.2 Å². The fraction of sp³-hybridized carbons (Fsp3) is 0.545. The number of aliphatic hydroxyl groups is 1. The van der Waals surface area contributed by atoms with Crippen molar-refractivity contribution in [2.75, 3.05) is 18.1 Å². The zero-order chi connectivity index (χ0) is 19.2. The average molecular weight is 369 g/mol. The van der Waals surface area contributed by atoms with E-state index in [0.29, 0.717) is 0 Å². The van der Waals surface area contributed by atoms with Gasteiger partial charge in [0.05, 0.1) is 18.2 Å². The summed E-state index contributed by atoms with van der Waals surface area (Å²) in [4.78, 5) is 15.2. The van der Waals surface area contributed by atoms with Gasteiger partial charge in [0.15, 0.2) is 5.82 Å². The van der Waals surface area contributed by atoms with E-state index in [9.17, 15) is 5.11 Å². The summed E-state index contributed by atoms with van der Waals surface area (Å²) in [6, 6.07) is 2.30. The normalized spacial score (nSPS) is 20.1. The molecule has 1 atom stereocenters. The molecule has 1 unspecified atom stereocenters. The molecule has 1 saturated heterocycles. The van der Waals surface area contributed by atoms with Gasteiger partial charge in [-0.2, -0.15) is 0 Å². The fourth-order valence-electron chi connectivity index (χ4n) is 3.96. The number of piperidine rings is 1. The molecule has 27 heavy (non-hydrogen) atoms. The third-order valence-electron chi connectivity index (χ3n) is 5.28. The molecule has 2 aromatic heterocycles. The van der Waals surface area contributed by atoms with E-state index in [0.717, 1.165) is 60.6 Å². The molecule has 5 heteroatoms. The van der Waals surface area contributed by atoms with Crippen molar-refractivity contribution >= 4 is 22.4 Å². The molecular formula is C22H32N4O. The summed E-state index contributed by atoms with van der Waals surface area (Å²) in [5, 5.41) is 9.79. The number of H-pyrrole nitrogens is 1. The molecule has 0 amide bonds. The van der Waals surface area contributed by atoms with E-state index < -0.39 is 0 Å². The number of anilines is 1. The van der Waals surface area contributed by atoms with Gasteiger partial charge in [-0.25, -0.2) is 9.97 Å². The zero-order valence-electron chi connectivity index (χ0n) is 16.8. The number of hydrogen-bond acceptors (Lipinski definition) is 4. The molecule has 1 fully saturated rings. The highest BCUT2D eigenvalue weighted by Crippen LogP contribution is 2.32. The molecule has 3 heterocycles. The predicted octanol–water partition coefficient (Wildman–Crippen LogP) is 4.77. The Bertz CT molecular complexity index is 821. The fourth-order valence-corrected chi connectivity index (χ4v) is 3.96. The van der Waals surface area contributed by atoms with Gasteiger partial charge in [0.25, 0.3) is 0 Å². The van der Waals surface area contributed by atoms with Crippen LogP contribution in [0, 0.1) is 6.92 Å². The number of aromatic amines is 1. The number of nitrogens with zero attached hydrogens (tertiary/aromatic N) is 3. The largest absolute Gasteiger partial charge is 0.394 e. The maximum absolute atomic E-state index is 9.79. The Kier molecular flexibility index (Phi) is 6.67. The Hall–Kier alpha value is -2.14. The molecule has 1 aliphatic carbocycles. The number of nitrogens with one attached hydrogen (secondary N) is 1. The van der Waals surface area contributed by atoms with E-state index in [-0.39, 0.29) is 12.6 Å². The van der Waals surface area contributed by atoms with Crippen LogP contribution in [0.3, 0.4) is 0 Å². The van der Waals surface area contributed by atoms with Crippen LogP contribution in [0.5, 0.6) is 0 Å². The van der Waals surface area contributed by atoms with Crippen LogP contribution in [0.2, 0.25) is 0 Å². The molecule has 0 aromatic carbocycles. The van der Waals surface area contributed by atoms with Gasteiger partial charge in [0.2, 0.25) is 0 Å². The highest BCUT2D eigenvalue weighted by molar-refractivity contribution is 5.90. The highest BCUT2D eigenvalue weighted by atomic mass is 16.3. The second-order valence-corrected chi connectivity index (χ2v) is 7.08. The van der Waals surface area contributed by atoms with Gasteiger partial charge in [-0.1, -0.05) is 32.1 Å². The van der Waals surface area contributed by atoms with Crippen LogP contribution in [0.15, 0.2) is 24.3 Å². The minimum Gasteiger partial charge on any atom is -0.394 e. The summed E-state index contributed by atoms with van der Waals surface area (Å²) in [5.74, 6) is 1.72. The van der Waals surface area contributed by atoms with Crippen LogP contribution in [0.25, 0.3) is 16.6 Å². The molecule has 4 rings (SSSR count). The number of fused-ring (bicyclic) bond motifs is 1. The van der Waals surface area contributed by atoms with E-state index in [1.165, 1.54) is 18.4 Å². The number of aliphatic hydroxyl groups excluding tert-OH is 1. The van der Waals surface area contributed by atoms with Crippen molar-refractivity contribution in [2.24, 2.45) is 0 Å². The van der Waals surface area contributed by atoms with Crippen molar-refractivity contribution < 1.29 is 5.11 Å². The van der Waals surface area contributed by atoms with Gasteiger partial charge in [-0.05, 0) is 57.1 Å². The van der Waals surface area contributed by atoms with Crippen LogP contribution < -0.4 is 4.90 Å². The van der Waals surface area contributed by atoms with Crippen LogP contribution >= 0.6 is 0 Å². The van der Waals surface area contributed by atoms with Crippen molar-refractivity contribution in [3.05, 3.63) is 35.8 Å². The molecule has 2 aromatic rings. The molecule has 0 bridgehead atoms. The smallest absolute Gasteiger partial charge is 0.157 e. The molecule has 0 saturated carbocycles. The molecule has 2 aliphatic rings. The quantitative estimate of drug-likeness (QED) is 0.819. The van der Waals surface area contributed by atoms with Crippen LogP contribution in [0.4, 0.5) is 5.82 Å². The first-order chi connectivity index (χ1) is 13.3. The summed E-state index contributed by atoms with van der Waals surface area (Å²) in [7, 11) is 0. The first-order valence-electron chi connectivity index (χ1n) is 10.4. The van der Waals surface area contributed by atoms with Gasteiger partial charge < -0.3 is 15.0 Å². The summed E-state index contributed by atoms with van der Waals surface area (Å²) in [6.07, 6.45) is 13.3. The standard InChI is InChI=1S/C20H26N4O.C2H6/c1-14-21-18-12-17(15-8-4-2-3-5-9-15)23-19(18)20(22-14)24-11-7-6-10-16(24)13-25;1-2/h2,4,8,12,16,23,25H,3,5-7,9-11,13H2,1H3;1-2H3. The second kappa shape index (κ2) is 9.18. The van der Waals surface area contributed by atoms with E-state index in [1.54, 1.807) is 0 Å². The molecule has 146 valence electrons. The van der Waals surface area contributed by atoms with Crippen molar-refractivity contribution in [2.45, 2.75) is 65.3 Å². The summed E-state index contributed by atoms with van der Waals surface area (Å²) in [6.45, 7) is 7.06. The number of hydrogen-bond donors (Lipinski definition) is 2. The molecule has 2 N–H and O–H groups in total. The Labute approximate surface area is 162 Å². The summed E-state index contributed by atoms with van der Waals surface area (Å²) in [5.41, 5.74) is 4.43. The number of aryl methyl sites for hydroxylation is 1. The van der Waals surface area contributed by atoms with Gasteiger partial charge in [-0.3, -0.25) is 0 Å². The lowest BCUT2D eigenvalue weighted by molar-refractivity contribution is 0.239. The van der Waals surface area contributed by atoms with E-state index >= 15 is 0 Å². The lowest BCUT2D eigenvalue weighted by atomic mass is 10.0. The first-order valence-corrected chi connectivity index (χ1v) is 10.4. The van der Waals surface area contributed by atoms with Crippen molar-refractivity contribution in [1.82, 2.24) is 15.0 Å². The van der Waals surface area contributed by atoms with Crippen LogP contribution in [-0.2, 0) is 0 Å². The Morgan fingerprint density at radius 1 is 1.22 bits per heavy atom.